The monoisotopic (exact) mass is 288 g/mol. The minimum Gasteiger partial charge on any atom is -0.223 e. The van der Waals surface area contributed by atoms with Crippen molar-refractivity contribution in [2.24, 2.45) is 0 Å². The molecule has 0 aromatic heterocycles. The highest BCUT2D eigenvalue weighted by atomic mass is 32.2. The molecule has 2 aromatic rings. The lowest BCUT2D eigenvalue weighted by Gasteiger charge is -2.19. The van der Waals surface area contributed by atoms with E-state index in [1.54, 1.807) is 32.9 Å². The Hall–Kier alpha value is -1.61. The minimum absolute atomic E-state index is 0.376. The van der Waals surface area contributed by atoms with E-state index in [1.807, 2.05) is 37.3 Å². The molecule has 0 N–H and O–H groups in total. The number of aryl methyl sites for hydroxylation is 1. The fourth-order valence-electron chi connectivity index (χ4n) is 2.00. The summed E-state index contributed by atoms with van der Waals surface area (Å²) in [6, 6.07) is 15.3. The normalized spacial score (nSPS) is 12.4. The van der Waals surface area contributed by atoms with E-state index in [0.29, 0.717) is 4.90 Å². The lowest BCUT2D eigenvalue weighted by Crippen LogP contribution is -2.27. The van der Waals surface area contributed by atoms with Crippen molar-refractivity contribution in [3.05, 3.63) is 54.1 Å². The van der Waals surface area contributed by atoms with Gasteiger partial charge in [-0.25, -0.2) is 8.42 Å². The van der Waals surface area contributed by atoms with E-state index in [2.05, 4.69) is 6.07 Å². The molecule has 0 heterocycles. The predicted molar refractivity (Wildman–Crippen MR) is 83.6 cm³/mol. The summed E-state index contributed by atoms with van der Waals surface area (Å²) in [5.41, 5.74) is 3.32. The number of sulfone groups is 1. The third kappa shape index (κ3) is 2.78. The first-order valence-corrected chi connectivity index (χ1v) is 8.12. The summed E-state index contributed by atoms with van der Waals surface area (Å²) in [5, 5.41) is 0. The van der Waals surface area contributed by atoms with Gasteiger partial charge in [0.1, 0.15) is 0 Å². The van der Waals surface area contributed by atoms with Gasteiger partial charge in [0.15, 0.2) is 9.84 Å². The third-order valence-corrected chi connectivity index (χ3v) is 5.83. The first kappa shape index (κ1) is 14.8. The van der Waals surface area contributed by atoms with Crippen LogP contribution in [0.15, 0.2) is 53.4 Å². The van der Waals surface area contributed by atoms with Crippen LogP contribution in [0.1, 0.15) is 26.3 Å². The van der Waals surface area contributed by atoms with Gasteiger partial charge >= 0.3 is 0 Å². The molecule has 0 aliphatic carbocycles. The Morgan fingerprint density at radius 3 is 1.95 bits per heavy atom. The fraction of sp³-hybridized carbons (Fsp3) is 0.294. The first-order valence-electron chi connectivity index (χ1n) is 6.63. The zero-order chi connectivity index (χ0) is 15.0. The summed E-state index contributed by atoms with van der Waals surface area (Å²) in [5.74, 6) is 0. The Morgan fingerprint density at radius 1 is 0.850 bits per heavy atom. The van der Waals surface area contributed by atoms with Crippen LogP contribution >= 0.6 is 0 Å². The number of hydrogen-bond donors (Lipinski definition) is 0. The lowest BCUT2D eigenvalue weighted by molar-refractivity contribution is 0.560. The molecule has 3 heteroatoms. The molecule has 106 valence electrons. The SMILES string of the molecule is Cc1cccc(-c2ccc(S(=O)(=O)C(C)(C)C)cc2)c1. The van der Waals surface area contributed by atoms with E-state index in [4.69, 9.17) is 0 Å². The Labute approximate surface area is 121 Å². The van der Waals surface area contributed by atoms with E-state index in [9.17, 15) is 8.42 Å². The number of benzene rings is 2. The lowest BCUT2D eigenvalue weighted by atomic mass is 10.0. The highest BCUT2D eigenvalue weighted by Crippen LogP contribution is 2.27. The zero-order valence-corrected chi connectivity index (χ0v) is 13.2. The summed E-state index contributed by atoms with van der Waals surface area (Å²) in [7, 11) is -3.28. The van der Waals surface area contributed by atoms with Crippen molar-refractivity contribution in [1.29, 1.82) is 0 Å². The van der Waals surface area contributed by atoms with Gasteiger partial charge in [0.25, 0.3) is 0 Å². The van der Waals surface area contributed by atoms with Crippen LogP contribution in [0.25, 0.3) is 11.1 Å². The molecule has 0 fully saturated rings. The van der Waals surface area contributed by atoms with Gasteiger partial charge in [0.2, 0.25) is 0 Å². The Balaban J connectivity index is 2.42. The number of rotatable bonds is 2. The Morgan fingerprint density at radius 2 is 1.45 bits per heavy atom. The molecule has 0 bridgehead atoms. The molecule has 0 saturated carbocycles. The molecule has 0 saturated heterocycles. The third-order valence-electron chi connectivity index (χ3n) is 3.32. The van der Waals surface area contributed by atoms with Gasteiger partial charge in [-0.2, -0.15) is 0 Å². The molecule has 0 aliphatic rings. The standard InChI is InChI=1S/C17H20O2S/c1-13-6-5-7-15(12-13)14-8-10-16(11-9-14)20(18,19)17(2,3)4/h5-12H,1-4H3. The van der Waals surface area contributed by atoms with Crippen molar-refractivity contribution in [3.8, 4) is 11.1 Å². The maximum Gasteiger partial charge on any atom is 0.183 e. The van der Waals surface area contributed by atoms with Crippen molar-refractivity contribution < 1.29 is 8.42 Å². The van der Waals surface area contributed by atoms with E-state index in [-0.39, 0.29) is 0 Å². The summed E-state index contributed by atoms with van der Waals surface area (Å²) in [6.07, 6.45) is 0. The van der Waals surface area contributed by atoms with Gasteiger partial charge in [-0.3, -0.25) is 0 Å². The first-order chi connectivity index (χ1) is 9.22. The van der Waals surface area contributed by atoms with Crippen molar-refractivity contribution in [2.45, 2.75) is 37.3 Å². The van der Waals surface area contributed by atoms with Gasteiger partial charge in [0, 0.05) is 0 Å². The number of hydrogen-bond acceptors (Lipinski definition) is 2. The highest BCUT2D eigenvalue weighted by Gasteiger charge is 2.30. The Kier molecular flexibility index (Phi) is 3.74. The summed E-state index contributed by atoms with van der Waals surface area (Å²) < 4.78 is 23.9. The molecule has 2 nitrogen and oxygen atoms in total. The summed E-state index contributed by atoms with van der Waals surface area (Å²) in [4.78, 5) is 0.376. The molecule has 0 radical (unpaired) electrons. The van der Waals surface area contributed by atoms with Crippen LogP contribution in [0, 0.1) is 6.92 Å². The molecule has 0 unspecified atom stereocenters. The summed E-state index contributed by atoms with van der Waals surface area (Å²) in [6.45, 7) is 7.20. The van der Waals surface area contributed by atoms with Crippen molar-refractivity contribution in [1.82, 2.24) is 0 Å². The van der Waals surface area contributed by atoms with Gasteiger partial charge in [-0.15, -0.1) is 0 Å². The van der Waals surface area contributed by atoms with Crippen LogP contribution in [0.5, 0.6) is 0 Å². The summed E-state index contributed by atoms with van der Waals surface area (Å²) >= 11 is 0. The van der Waals surface area contributed by atoms with E-state index < -0.39 is 14.6 Å². The van der Waals surface area contributed by atoms with Crippen LogP contribution < -0.4 is 0 Å². The highest BCUT2D eigenvalue weighted by molar-refractivity contribution is 7.92. The molecular weight excluding hydrogens is 268 g/mol. The molecule has 2 aromatic carbocycles. The van der Waals surface area contributed by atoms with Crippen molar-refractivity contribution in [2.75, 3.05) is 0 Å². The second kappa shape index (κ2) is 5.06. The predicted octanol–water partition coefficient (Wildman–Crippen LogP) is 4.23. The topological polar surface area (TPSA) is 34.1 Å². The average molecular weight is 288 g/mol. The quantitative estimate of drug-likeness (QED) is 0.828. The van der Waals surface area contributed by atoms with Crippen LogP contribution in [-0.4, -0.2) is 13.2 Å². The Bertz CT molecular complexity index is 705. The zero-order valence-electron chi connectivity index (χ0n) is 12.3. The van der Waals surface area contributed by atoms with Crippen molar-refractivity contribution in [3.63, 3.8) is 0 Å². The molecule has 2 rings (SSSR count). The van der Waals surface area contributed by atoms with Crippen LogP contribution in [0.4, 0.5) is 0 Å². The van der Waals surface area contributed by atoms with Crippen LogP contribution in [-0.2, 0) is 9.84 Å². The van der Waals surface area contributed by atoms with Crippen LogP contribution in [0.3, 0.4) is 0 Å². The van der Waals surface area contributed by atoms with Gasteiger partial charge in [-0.05, 0) is 51.0 Å². The molecule has 0 atom stereocenters. The maximum atomic E-state index is 12.4. The fourth-order valence-corrected chi connectivity index (χ4v) is 3.21. The molecule has 0 spiro atoms. The molecule has 0 amide bonds. The second-order valence-electron chi connectivity index (χ2n) is 6.01. The van der Waals surface area contributed by atoms with Crippen molar-refractivity contribution >= 4 is 9.84 Å². The molecule has 0 aliphatic heterocycles. The largest absolute Gasteiger partial charge is 0.223 e. The van der Waals surface area contributed by atoms with Gasteiger partial charge < -0.3 is 0 Å². The smallest absolute Gasteiger partial charge is 0.183 e. The van der Waals surface area contributed by atoms with Crippen LogP contribution in [0.2, 0.25) is 0 Å². The van der Waals surface area contributed by atoms with E-state index in [0.717, 1.165) is 11.1 Å². The van der Waals surface area contributed by atoms with Gasteiger partial charge in [-0.1, -0.05) is 42.0 Å². The van der Waals surface area contributed by atoms with E-state index >= 15 is 0 Å². The van der Waals surface area contributed by atoms with E-state index in [1.165, 1.54) is 5.56 Å². The maximum absolute atomic E-state index is 12.4. The van der Waals surface area contributed by atoms with Gasteiger partial charge in [0.05, 0.1) is 9.64 Å². The minimum atomic E-state index is -3.28. The molecule has 20 heavy (non-hydrogen) atoms. The second-order valence-corrected chi connectivity index (χ2v) is 8.71. The molecular formula is C17H20O2S. The average Bonchev–Trinajstić information content (AvgIpc) is 2.37.